The highest BCUT2D eigenvalue weighted by atomic mass is 35.5. The van der Waals surface area contributed by atoms with Gasteiger partial charge in [-0.2, -0.15) is 0 Å². The smallest absolute Gasteiger partial charge is 0.338 e. The summed E-state index contributed by atoms with van der Waals surface area (Å²) in [5, 5.41) is 11.0. The van der Waals surface area contributed by atoms with Crippen LogP contribution in [0.15, 0.2) is 18.2 Å². The maximum atomic E-state index is 11.7. The highest BCUT2D eigenvalue weighted by Gasteiger charge is 2.27. The Morgan fingerprint density at radius 1 is 1.41 bits per heavy atom. The number of benzene rings is 1. The molecule has 1 fully saturated rings. The zero-order chi connectivity index (χ0) is 15.9. The second-order valence-corrected chi connectivity index (χ2v) is 6.42. The first-order chi connectivity index (χ1) is 10.5. The number of ether oxygens (including phenoxy) is 1. The number of rotatable bonds is 3. The molecule has 0 saturated carbocycles. The number of carboxylic acid groups (broad SMARTS) is 1. The predicted octanol–water partition coefficient (Wildman–Crippen LogP) is 4.29. The van der Waals surface area contributed by atoms with Gasteiger partial charge in [-0.1, -0.05) is 17.7 Å². The van der Waals surface area contributed by atoms with E-state index in [0.29, 0.717) is 16.5 Å². The van der Waals surface area contributed by atoms with Gasteiger partial charge in [-0.05, 0) is 44.7 Å². The van der Waals surface area contributed by atoms with Crippen LogP contribution in [0.25, 0.3) is 10.9 Å². The van der Waals surface area contributed by atoms with Crippen LogP contribution in [0.4, 0.5) is 0 Å². The van der Waals surface area contributed by atoms with E-state index in [1.165, 1.54) is 0 Å². The minimum atomic E-state index is -0.886. The summed E-state index contributed by atoms with van der Waals surface area (Å²) in [7, 11) is 0. The Kier molecular flexibility index (Phi) is 4.15. The van der Waals surface area contributed by atoms with Crippen molar-refractivity contribution in [3.8, 4) is 0 Å². The lowest BCUT2D eigenvalue weighted by molar-refractivity contribution is 0.0516. The lowest BCUT2D eigenvalue weighted by atomic mass is 9.92. The van der Waals surface area contributed by atoms with Crippen molar-refractivity contribution in [2.24, 2.45) is 5.92 Å². The number of aromatic nitrogens is 1. The molecule has 0 aliphatic carbocycles. The van der Waals surface area contributed by atoms with Crippen molar-refractivity contribution in [3.63, 3.8) is 0 Å². The minimum absolute atomic E-state index is 0.220. The largest absolute Gasteiger partial charge is 0.478 e. The Labute approximate surface area is 134 Å². The topological polar surface area (TPSA) is 51.5 Å². The van der Waals surface area contributed by atoms with Crippen molar-refractivity contribution in [3.05, 3.63) is 34.5 Å². The number of aromatic carboxylic acids is 1. The fourth-order valence-electron chi connectivity index (χ4n) is 3.62. The molecule has 2 aromatic rings. The van der Waals surface area contributed by atoms with Crippen LogP contribution in [0.1, 0.15) is 41.9 Å². The van der Waals surface area contributed by atoms with E-state index in [4.69, 9.17) is 16.3 Å². The third-order valence-electron chi connectivity index (χ3n) is 4.78. The highest BCUT2D eigenvalue weighted by molar-refractivity contribution is 6.31. The summed E-state index contributed by atoms with van der Waals surface area (Å²) < 4.78 is 7.58. The normalized spacial score (nSPS) is 17.8. The van der Waals surface area contributed by atoms with Gasteiger partial charge in [-0.15, -0.1) is 0 Å². The molecule has 2 heterocycles. The number of hydrogen-bond donors (Lipinski definition) is 1. The summed E-state index contributed by atoms with van der Waals surface area (Å²) in [6.45, 7) is 5.60. The van der Waals surface area contributed by atoms with Crippen LogP contribution in [0.3, 0.4) is 0 Å². The van der Waals surface area contributed by atoms with E-state index in [1.807, 2.05) is 13.0 Å². The van der Waals surface area contributed by atoms with Gasteiger partial charge in [0.05, 0.1) is 11.1 Å². The maximum absolute atomic E-state index is 11.7. The number of carboxylic acids is 1. The van der Waals surface area contributed by atoms with Crippen molar-refractivity contribution < 1.29 is 14.6 Å². The molecular weight excluding hydrogens is 302 g/mol. The molecule has 1 atom stereocenters. The zero-order valence-corrected chi connectivity index (χ0v) is 13.6. The molecular formula is C17H20ClNO3. The number of halogens is 1. The summed E-state index contributed by atoms with van der Waals surface area (Å²) in [4.78, 5) is 11.7. The van der Waals surface area contributed by atoms with Gasteiger partial charge in [0.2, 0.25) is 0 Å². The number of nitrogens with zero attached hydrogens (tertiary/aromatic N) is 1. The summed E-state index contributed by atoms with van der Waals surface area (Å²) in [5.74, 6) is -0.397. The van der Waals surface area contributed by atoms with Crippen molar-refractivity contribution in [2.75, 3.05) is 13.2 Å². The third kappa shape index (κ3) is 2.50. The van der Waals surface area contributed by atoms with E-state index in [9.17, 15) is 9.90 Å². The third-order valence-corrected chi connectivity index (χ3v) is 5.02. The standard InChI is InChI=1S/C17H20ClNO3/c1-10(12-5-7-22-8-6-12)19-11(2)16(17(20)21)14-4-3-13(18)9-15(14)19/h3-4,9-10,12H,5-8H2,1-2H3,(H,20,21)/t10-/m0/s1. The van der Waals surface area contributed by atoms with Gasteiger partial charge in [0.25, 0.3) is 0 Å². The van der Waals surface area contributed by atoms with Crippen LogP contribution in [0.5, 0.6) is 0 Å². The van der Waals surface area contributed by atoms with E-state index in [2.05, 4.69) is 11.5 Å². The molecule has 1 aliphatic heterocycles. The summed E-state index contributed by atoms with van der Waals surface area (Å²) in [6, 6.07) is 5.64. The second-order valence-electron chi connectivity index (χ2n) is 5.99. The second kappa shape index (κ2) is 5.94. The van der Waals surface area contributed by atoms with Crippen LogP contribution >= 0.6 is 11.6 Å². The molecule has 1 N–H and O–H groups in total. The van der Waals surface area contributed by atoms with Gasteiger partial charge >= 0.3 is 5.97 Å². The first-order valence-electron chi connectivity index (χ1n) is 7.61. The van der Waals surface area contributed by atoms with E-state index in [0.717, 1.165) is 42.7 Å². The van der Waals surface area contributed by atoms with Crippen molar-refractivity contribution in [1.82, 2.24) is 4.57 Å². The lowest BCUT2D eigenvalue weighted by Crippen LogP contribution is -2.24. The lowest BCUT2D eigenvalue weighted by Gasteiger charge is -2.30. The van der Waals surface area contributed by atoms with Gasteiger partial charge < -0.3 is 14.4 Å². The molecule has 0 unspecified atom stereocenters. The number of carbonyl (C=O) groups is 1. The molecule has 118 valence electrons. The number of fused-ring (bicyclic) bond motifs is 1. The molecule has 22 heavy (non-hydrogen) atoms. The Morgan fingerprint density at radius 2 is 2.09 bits per heavy atom. The van der Waals surface area contributed by atoms with E-state index < -0.39 is 5.97 Å². The quantitative estimate of drug-likeness (QED) is 0.917. The summed E-state index contributed by atoms with van der Waals surface area (Å²) in [5.41, 5.74) is 2.08. The molecule has 0 amide bonds. The number of hydrogen-bond acceptors (Lipinski definition) is 2. The average Bonchev–Trinajstić information content (AvgIpc) is 2.78. The van der Waals surface area contributed by atoms with Gasteiger partial charge in [0.1, 0.15) is 0 Å². The Hall–Kier alpha value is -1.52. The Balaban J connectivity index is 2.17. The fourth-order valence-corrected chi connectivity index (χ4v) is 3.78. The molecule has 4 nitrogen and oxygen atoms in total. The molecule has 0 radical (unpaired) electrons. The van der Waals surface area contributed by atoms with Crippen LogP contribution < -0.4 is 0 Å². The van der Waals surface area contributed by atoms with Gasteiger partial charge in [0.15, 0.2) is 0 Å². The van der Waals surface area contributed by atoms with E-state index in [-0.39, 0.29) is 6.04 Å². The van der Waals surface area contributed by atoms with Gasteiger partial charge in [-0.3, -0.25) is 0 Å². The molecule has 3 rings (SSSR count). The Morgan fingerprint density at radius 3 is 2.73 bits per heavy atom. The zero-order valence-electron chi connectivity index (χ0n) is 12.8. The van der Waals surface area contributed by atoms with Crippen LogP contribution in [-0.4, -0.2) is 28.9 Å². The molecule has 1 aromatic heterocycles. The van der Waals surface area contributed by atoms with Crippen LogP contribution in [0.2, 0.25) is 5.02 Å². The van der Waals surface area contributed by atoms with Crippen LogP contribution in [-0.2, 0) is 4.74 Å². The van der Waals surface area contributed by atoms with E-state index in [1.54, 1.807) is 12.1 Å². The molecule has 1 aliphatic rings. The summed E-state index contributed by atoms with van der Waals surface area (Å²) >= 11 is 6.14. The minimum Gasteiger partial charge on any atom is -0.478 e. The van der Waals surface area contributed by atoms with Gasteiger partial charge in [0, 0.05) is 35.4 Å². The molecule has 0 spiro atoms. The SMILES string of the molecule is Cc1c(C(=O)O)c2ccc(Cl)cc2n1[C@@H](C)C1CCOCC1. The van der Waals surface area contributed by atoms with Crippen molar-refractivity contribution in [1.29, 1.82) is 0 Å². The predicted molar refractivity (Wildman–Crippen MR) is 86.9 cm³/mol. The highest BCUT2D eigenvalue weighted by Crippen LogP contribution is 2.36. The molecule has 0 bridgehead atoms. The summed E-state index contributed by atoms with van der Waals surface area (Å²) in [6.07, 6.45) is 2.01. The van der Waals surface area contributed by atoms with Crippen LogP contribution in [0, 0.1) is 12.8 Å². The van der Waals surface area contributed by atoms with Crippen molar-refractivity contribution >= 4 is 28.5 Å². The Bertz CT molecular complexity index is 716. The first-order valence-corrected chi connectivity index (χ1v) is 7.99. The van der Waals surface area contributed by atoms with E-state index >= 15 is 0 Å². The fraction of sp³-hybridized carbons (Fsp3) is 0.471. The van der Waals surface area contributed by atoms with Gasteiger partial charge in [-0.25, -0.2) is 4.79 Å². The molecule has 5 heteroatoms. The molecule has 1 aromatic carbocycles. The van der Waals surface area contributed by atoms with Crippen molar-refractivity contribution in [2.45, 2.75) is 32.7 Å². The maximum Gasteiger partial charge on any atom is 0.338 e. The molecule has 1 saturated heterocycles. The first kappa shape index (κ1) is 15.4. The average molecular weight is 322 g/mol. The monoisotopic (exact) mass is 321 g/mol.